The van der Waals surface area contributed by atoms with Gasteiger partial charge in [-0.2, -0.15) is 0 Å². The lowest BCUT2D eigenvalue weighted by Gasteiger charge is -2.09. The third-order valence-corrected chi connectivity index (χ3v) is 5.87. The van der Waals surface area contributed by atoms with Crippen LogP contribution in [0.25, 0.3) is 0 Å². The molecule has 0 aliphatic rings. The van der Waals surface area contributed by atoms with E-state index in [4.69, 9.17) is 4.74 Å². The molecule has 1 heterocycles. The molecule has 0 fully saturated rings. The van der Waals surface area contributed by atoms with E-state index in [1.54, 1.807) is 62.0 Å². The predicted molar refractivity (Wildman–Crippen MR) is 110 cm³/mol. The number of amides is 2. The number of ether oxygens (including phenoxy) is 1. The SMILES string of the molecule is COc1ccc(CS(=O)(=O)c2ccc(NC(=O)NCc3cccnc3)cc2)cc1. The lowest BCUT2D eigenvalue weighted by molar-refractivity contribution is 0.251. The van der Waals surface area contributed by atoms with Gasteiger partial charge in [0.25, 0.3) is 0 Å². The zero-order chi connectivity index (χ0) is 20.7. The Hall–Kier alpha value is -3.39. The van der Waals surface area contributed by atoms with Gasteiger partial charge in [-0.25, -0.2) is 13.2 Å². The molecule has 7 nitrogen and oxygen atoms in total. The van der Waals surface area contributed by atoms with Gasteiger partial charge in [0.1, 0.15) is 5.75 Å². The Bertz CT molecular complexity index is 1050. The van der Waals surface area contributed by atoms with Crippen LogP contribution in [-0.4, -0.2) is 26.5 Å². The second kappa shape index (κ2) is 9.20. The molecular weight excluding hydrogens is 390 g/mol. The third kappa shape index (κ3) is 5.79. The fraction of sp³-hybridized carbons (Fsp3) is 0.143. The maximum absolute atomic E-state index is 12.6. The minimum Gasteiger partial charge on any atom is -0.497 e. The number of anilines is 1. The van der Waals surface area contributed by atoms with E-state index >= 15 is 0 Å². The molecule has 0 saturated carbocycles. The fourth-order valence-electron chi connectivity index (χ4n) is 2.63. The number of nitrogens with one attached hydrogen (secondary N) is 2. The van der Waals surface area contributed by atoms with Gasteiger partial charge in [-0.3, -0.25) is 4.98 Å². The maximum Gasteiger partial charge on any atom is 0.319 e. The van der Waals surface area contributed by atoms with E-state index in [2.05, 4.69) is 15.6 Å². The summed E-state index contributed by atoms with van der Waals surface area (Å²) in [5, 5.41) is 5.39. The van der Waals surface area contributed by atoms with Crippen molar-refractivity contribution in [3.63, 3.8) is 0 Å². The van der Waals surface area contributed by atoms with E-state index in [-0.39, 0.29) is 16.7 Å². The van der Waals surface area contributed by atoms with E-state index in [0.717, 1.165) is 5.56 Å². The van der Waals surface area contributed by atoms with Crippen LogP contribution in [0.3, 0.4) is 0 Å². The van der Waals surface area contributed by atoms with Gasteiger partial charge >= 0.3 is 6.03 Å². The molecule has 0 unspecified atom stereocenters. The second-order valence-electron chi connectivity index (χ2n) is 6.30. The summed E-state index contributed by atoms with van der Waals surface area (Å²) in [6.07, 6.45) is 3.33. The van der Waals surface area contributed by atoms with Crippen LogP contribution in [0.2, 0.25) is 0 Å². The summed E-state index contributed by atoms with van der Waals surface area (Å²) in [5.41, 5.74) is 2.04. The van der Waals surface area contributed by atoms with Crippen LogP contribution in [0.4, 0.5) is 10.5 Å². The average molecular weight is 411 g/mol. The van der Waals surface area contributed by atoms with E-state index in [1.807, 2.05) is 6.07 Å². The number of pyridine rings is 1. The second-order valence-corrected chi connectivity index (χ2v) is 8.29. The van der Waals surface area contributed by atoms with Crippen LogP contribution >= 0.6 is 0 Å². The Kier molecular flexibility index (Phi) is 6.46. The zero-order valence-electron chi connectivity index (χ0n) is 15.8. The summed E-state index contributed by atoms with van der Waals surface area (Å²) < 4.78 is 30.3. The summed E-state index contributed by atoms with van der Waals surface area (Å²) in [7, 11) is -1.94. The van der Waals surface area contributed by atoms with Crippen molar-refractivity contribution in [1.29, 1.82) is 0 Å². The molecule has 0 aliphatic carbocycles. The number of methoxy groups -OCH3 is 1. The van der Waals surface area contributed by atoms with Crippen molar-refractivity contribution in [2.75, 3.05) is 12.4 Å². The highest BCUT2D eigenvalue weighted by molar-refractivity contribution is 7.90. The number of aromatic nitrogens is 1. The first kappa shape index (κ1) is 20.3. The number of nitrogens with zero attached hydrogens (tertiary/aromatic N) is 1. The zero-order valence-corrected chi connectivity index (χ0v) is 16.6. The molecule has 8 heteroatoms. The predicted octanol–water partition coefficient (Wildman–Crippen LogP) is 3.39. The summed E-state index contributed by atoms with van der Waals surface area (Å²) in [4.78, 5) is 16.2. The van der Waals surface area contributed by atoms with Crippen LogP contribution in [0.1, 0.15) is 11.1 Å². The molecule has 1 aromatic heterocycles. The van der Waals surface area contributed by atoms with Crippen LogP contribution in [0.5, 0.6) is 5.75 Å². The van der Waals surface area contributed by atoms with Crippen molar-refractivity contribution in [1.82, 2.24) is 10.3 Å². The van der Waals surface area contributed by atoms with E-state index in [1.165, 1.54) is 12.1 Å². The van der Waals surface area contributed by atoms with Crippen molar-refractivity contribution in [2.45, 2.75) is 17.2 Å². The number of carbonyl (C=O) groups excluding carboxylic acids is 1. The summed E-state index contributed by atoms with van der Waals surface area (Å²) in [5.74, 6) is 0.554. The van der Waals surface area contributed by atoms with Gasteiger partial charge in [0.05, 0.1) is 17.8 Å². The number of benzene rings is 2. The van der Waals surface area contributed by atoms with Crippen molar-refractivity contribution in [3.8, 4) is 5.75 Å². The molecule has 0 aliphatic heterocycles. The van der Waals surface area contributed by atoms with Crippen molar-refractivity contribution < 1.29 is 17.9 Å². The standard InChI is InChI=1S/C21H21N3O4S/c1-28-19-8-4-16(5-9-19)15-29(26,27)20-10-6-18(7-11-20)24-21(25)23-14-17-3-2-12-22-13-17/h2-13H,14-15H2,1H3,(H2,23,24,25). The number of hydrogen-bond donors (Lipinski definition) is 2. The summed E-state index contributed by atoms with van der Waals surface area (Å²) in [6, 6.07) is 16.2. The topological polar surface area (TPSA) is 97.4 Å². The largest absolute Gasteiger partial charge is 0.497 e. The Balaban J connectivity index is 1.58. The van der Waals surface area contributed by atoms with Gasteiger partial charge in [0.2, 0.25) is 0 Å². The van der Waals surface area contributed by atoms with Crippen LogP contribution in [-0.2, 0) is 22.1 Å². The van der Waals surface area contributed by atoms with E-state index in [0.29, 0.717) is 23.5 Å². The average Bonchev–Trinajstić information content (AvgIpc) is 2.74. The molecule has 0 atom stereocenters. The lowest BCUT2D eigenvalue weighted by Crippen LogP contribution is -2.28. The molecule has 0 radical (unpaired) electrons. The molecule has 29 heavy (non-hydrogen) atoms. The molecule has 3 rings (SSSR count). The van der Waals surface area contributed by atoms with Gasteiger partial charge in [-0.05, 0) is 53.6 Å². The number of carbonyl (C=O) groups is 1. The monoisotopic (exact) mass is 411 g/mol. The van der Waals surface area contributed by atoms with E-state index in [9.17, 15) is 13.2 Å². The summed E-state index contributed by atoms with van der Waals surface area (Å²) in [6.45, 7) is 0.341. The third-order valence-electron chi connectivity index (χ3n) is 4.16. The Morgan fingerprint density at radius 3 is 2.34 bits per heavy atom. The minimum atomic E-state index is -3.50. The number of sulfone groups is 1. The highest BCUT2D eigenvalue weighted by Crippen LogP contribution is 2.20. The molecule has 3 aromatic rings. The Labute approximate surface area is 169 Å². The van der Waals surface area contributed by atoms with Crippen molar-refractivity contribution in [3.05, 3.63) is 84.2 Å². The maximum atomic E-state index is 12.6. The molecule has 2 N–H and O–H groups in total. The first-order valence-electron chi connectivity index (χ1n) is 8.86. The highest BCUT2D eigenvalue weighted by Gasteiger charge is 2.15. The molecule has 0 spiro atoms. The smallest absolute Gasteiger partial charge is 0.319 e. The quantitative estimate of drug-likeness (QED) is 0.621. The number of hydrogen-bond acceptors (Lipinski definition) is 5. The molecule has 0 bridgehead atoms. The Morgan fingerprint density at radius 1 is 1.00 bits per heavy atom. The van der Waals surface area contributed by atoms with Crippen molar-refractivity contribution >= 4 is 21.6 Å². The van der Waals surface area contributed by atoms with Crippen molar-refractivity contribution in [2.24, 2.45) is 0 Å². The van der Waals surface area contributed by atoms with Gasteiger partial charge in [0, 0.05) is 24.6 Å². The normalized spacial score (nSPS) is 10.9. The molecule has 2 aromatic carbocycles. The molecular formula is C21H21N3O4S. The van der Waals surface area contributed by atoms with Gasteiger partial charge < -0.3 is 15.4 Å². The summed E-state index contributed by atoms with van der Waals surface area (Å²) >= 11 is 0. The lowest BCUT2D eigenvalue weighted by atomic mass is 10.2. The van der Waals surface area contributed by atoms with E-state index < -0.39 is 9.84 Å². The molecule has 150 valence electrons. The van der Waals surface area contributed by atoms with Crippen LogP contribution in [0, 0.1) is 0 Å². The molecule has 2 amide bonds. The number of urea groups is 1. The Morgan fingerprint density at radius 2 is 1.72 bits per heavy atom. The minimum absolute atomic E-state index is 0.116. The first-order chi connectivity index (χ1) is 14.0. The van der Waals surface area contributed by atoms with Crippen LogP contribution < -0.4 is 15.4 Å². The van der Waals surface area contributed by atoms with Gasteiger partial charge in [0.15, 0.2) is 9.84 Å². The van der Waals surface area contributed by atoms with Crippen LogP contribution in [0.15, 0.2) is 78.0 Å². The number of rotatable bonds is 7. The van der Waals surface area contributed by atoms with Gasteiger partial charge in [-0.15, -0.1) is 0 Å². The fourth-order valence-corrected chi connectivity index (χ4v) is 3.98. The molecule has 0 saturated heterocycles. The highest BCUT2D eigenvalue weighted by atomic mass is 32.2. The first-order valence-corrected chi connectivity index (χ1v) is 10.5. The van der Waals surface area contributed by atoms with Gasteiger partial charge in [-0.1, -0.05) is 18.2 Å².